The summed E-state index contributed by atoms with van der Waals surface area (Å²) in [5.74, 6) is 0.276. The third-order valence-corrected chi connectivity index (χ3v) is 4.69. The van der Waals surface area contributed by atoms with Crippen LogP contribution in [-0.4, -0.2) is 26.1 Å². The van der Waals surface area contributed by atoms with Gasteiger partial charge >= 0.3 is 0 Å². The number of amides is 1. The molecule has 0 saturated carbocycles. The maximum atomic E-state index is 11.1. The predicted octanol–water partition coefficient (Wildman–Crippen LogP) is 2.67. The van der Waals surface area contributed by atoms with Crippen molar-refractivity contribution in [3.05, 3.63) is 64.7 Å². The van der Waals surface area contributed by atoms with Crippen molar-refractivity contribution < 1.29 is 4.79 Å². The average Bonchev–Trinajstić information content (AvgIpc) is 3.01. The second-order valence-corrected chi connectivity index (χ2v) is 6.41. The van der Waals surface area contributed by atoms with Gasteiger partial charge in [-0.15, -0.1) is 5.10 Å². The largest absolute Gasteiger partial charge is 0.366 e. The Labute approximate surface area is 144 Å². The number of carbonyl (C=O) groups excluding carboxylic acids is 1. The quantitative estimate of drug-likeness (QED) is 0.722. The van der Waals surface area contributed by atoms with E-state index in [4.69, 9.17) is 5.73 Å². The molecule has 1 amide bonds. The van der Waals surface area contributed by atoms with Crippen LogP contribution in [0.1, 0.15) is 27.0 Å². The normalized spacial score (nSPS) is 10.8. The lowest BCUT2D eigenvalue weighted by Crippen LogP contribution is -2.10. The van der Waals surface area contributed by atoms with Crippen LogP contribution < -0.4 is 5.73 Å². The third-order valence-electron chi connectivity index (χ3n) is 3.70. The van der Waals surface area contributed by atoms with E-state index in [0.29, 0.717) is 11.3 Å². The van der Waals surface area contributed by atoms with Crippen LogP contribution in [0.25, 0.3) is 5.69 Å². The molecule has 0 bridgehead atoms. The van der Waals surface area contributed by atoms with Crippen molar-refractivity contribution in [2.45, 2.75) is 24.8 Å². The molecule has 0 unspecified atom stereocenters. The fourth-order valence-corrected chi connectivity index (χ4v) is 3.29. The molecular formula is C17H17N5OS. The van der Waals surface area contributed by atoms with Gasteiger partial charge in [0, 0.05) is 11.3 Å². The molecule has 24 heavy (non-hydrogen) atoms. The maximum absolute atomic E-state index is 11.1. The number of para-hydroxylation sites is 1. The van der Waals surface area contributed by atoms with E-state index in [0.717, 1.165) is 27.5 Å². The summed E-state index contributed by atoms with van der Waals surface area (Å²) in [5.41, 5.74) is 10.1. The number of nitrogens with two attached hydrogens (primary N) is 1. The maximum Gasteiger partial charge on any atom is 0.248 e. The summed E-state index contributed by atoms with van der Waals surface area (Å²) in [6.07, 6.45) is 0. The molecule has 0 aliphatic heterocycles. The zero-order valence-electron chi connectivity index (χ0n) is 13.4. The fourth-order valence-electron chi connectivity index (χ4n) is 2.46. The Morgan fingerprint density at radius 1 is 1.12 bits per heavy atom. The van der Waals surface area contributed by atoms with E-state index < -0.39 is 5.91 Å². The van der Waals surface area contributed by atoms with Crippen molar-refractivity contribution >= 4 is 17.7 Å². The molecule has 3 rings (SSSR count). The molecule has 0 aliphatic carbocycles. The molecule has 0 atom stereocenters. The minimum absolute atomic E-state index is 0.423. The highest BCUT2D eigenvalue weighted by Crippen LogP contribution is 2.25. The second kappa shape index (κ2) is 6.84. The topological polar surface area (TPSA) is 86.7 Å². The van der Waals surface area contributed by atoms with Gasteiger partial charge in [-0.05, 0) is 53.1 Å². The Balaban J connectivity index is 1.80. The Kier molecular flexibility index (Phi) is 4.61. The Hall–Kier alpha value is -2.67. The van der Waals surface area contributed by atoms with Gasteiger partial charge in [-0.1, -0.05) is 42.1 Å². The smallest absolute Gasteiger partial charge is 0.248 e. The van der Waals surface area contributed by atoms with Crippen LogP contribution in [0, 0.1) is 13.8 Å². The van der Waals surface area contributed by atoms with Gasteiger partial charge < -0.3 is 5.73 Å². The predicted molar refractivity (Wildman–Crippen MR) is 93.1 cm³/mol. The number of nitrogens with zero attached hydrogens (tertiary/aromatic N) is 4. The first kappa shape index (κ1) is 16.2. The fraction of sp³-hybridized carbons (Fsp3) is 0.176. The number of rotatable bonds is 5. The lowest BCUT2D eigenvalue weighted by molar-refractivity contribution is 0.100. The highest BCUT2D eigenvalue weighted by molar-refractivity contribution is 7.98. The van der Waals surface area contributed by atoms with Crippen LogP contribution in [-0.2, 0) is 5.75 Å². The van der Waals surface area contributed by atoms with E-state index in [1.54, 1.807) is 28.6 Å². The number of thioether (sulfide) groups is 1. The first-order chi connectivity index (χ1) is 11.6. The third kappa shape index (κ3) is 3.30. The lowest BCUT2D eigenvalue weighted by atomic mass is 10.1. The van der Waals surface area contributed by atoms with E-state index in [9.17, 15) is 4.79 Å². The van der Waals surface area contributed by atoms with Crippen LogP contribution >= 0.6 is 11.8 Å². The molecule has 0 fully saturated rings. The summed E-state index contributed by atoms with van der Waals surface area (Å²) >= 11 is 1.54. The summed E-state index contributed by atoms with van der Waals surface area (Å²) in [7, 11) is 0. The minimum Gasteiger partial charge on any atom is -0.366 e. The highest BCUT2D eigenvalue weighted by Gasteiger charge is 2.13. The van der Waals surface area contributed by atoms with Crippen molar-refractivity contribution in [2.24, 2.45) is 5.73 Å². The first-order valence-electron chi connectivity index (χ1n) is 7.43. The number of tetrazole rings is 1. The molecule has 122 valence electrons. The highest BCUT2D eigenvalue weighted by atomic mass is 32.2. The lowest BCUT2D eigenvalue weighted by Gasteiger charge is -2.10. The van der Waals surface area contributed by atoms with Crippen LogP contribution in [0.3, 0.4) is 0 Å². The molecule has 0 aliphatic rings. The van der Waals surface area contributed by atoms with Crippen molar-refractivity contribution in [1.82, 2.24) is 20.2 Å². The molecular weight excluding hydrogens is 322 g/mol. The van der Waals surface area contributed by atoms with Gasteiger partial charge in [0.05, 0.1) is 5.69 Å². The van der Waals surface area contributed by atoms with Gasteiger partial charge in [-0.25, -0.2) is 0 Å². The number of aromatic nitrogens is 4. The van der Waals surface area contributed by atoms with Gasteiger partial charge in [0.1, 0.15) is 0 Å². The minimum atomic E-state index is -0.423. The van der Waals surface area contributed by atoms with Crippen molar-refractivity contribution in [2.75, 3.05) is 0 Å². The average molecular weight is 339 g/mol. The summed E-state index contributed by atoms with van der Waals surface area (Å²) in [4.78, 5) is 11.1. The van der Waals surface area contributed by atoms with E-state index in [-0.39, 0.29) is 0 Å². The molecule has 0 radical (unpaired) electrons. The second-order valence-electron chi connectivity index (χ2n) is 5.46. The number of aryl methyl sites for hydroxylation is 2. The molecule has 1 aromatic heterocycles. The molecule has 1 heterocycles. The van der Waals surface area contributed by atoms with Crippen molar-refractivity contribution in [3.8, 4) is 5.69 Å². The van der Waals surface area contributed by atoms with E-state index in [2.05, 4.69) is 15.5 Å². The Morgan fingerprint density at radius 2 is 1.79 bits per heavy atom. The van der Waals surface area contributed by atoms with E-state index in [1.165, 1.54) is 0 Å². The molecule has 2 aromatic carbocycles. The monoisotopic (exact) mass is 339 g/mol. The number of hydrogen-bond donors (Lipinski definition) is 1. The van der Waals surface area contributed by atoms with Gasteiger partial charge in [0.15, 0.2) is 0 Å². The van der Waals surface area contributed by atoms with Crippen LogP contribution in [0.15, 0.2) is 47.6 Å². The van der Waals surface area contributed by atoms with Crippen LogP contribution in [0.5, 0.6) is 0 Å². The number of hydrogen-bond acceptors (Lipinski definition) is 5. The number of primary amides is 1. The summed E-state index contributed by atoms with van der Waals surface area (Å²) < 4.78 is 1.77. The van der Waals surface area contributed by atoms with E-state index in [1.807, 2.05) is 44.2 Å². The standard InChI is InChI=1S/C17H17N5OS/c1-11-4-3-5-12(2)15(11)22-17(19-20-21-22)24-10-13-6-8-14(9-7-13)16(18)23/h3-9H,10H2,1-2H3,(H2,18,23). The van der Waals surface area contributed by atoms with Gasteiger partial charge in [-0.2, -0.15) is 4.68 Å². The zero-order valence-corrected chi connectivity index (χ0v) is 14.2. The van der Waals surface area contributed by atoms with E-state index >= 15 is 0 Å². The molecule has 2 N–H and O–H groups in total. The summed E-state index contributed by atoms with van der Waals surface area (Å²) in [5, 5.41) is 12.8. The van der Waals surface area contributed by atoms with Gasteiger partial charge in [0.2, 0.25) is 11.1 Å². The SMILES string of the molecule is Cc1cccc(C)c1-n1nnnc1SCc1ccc(C(N)=O)cc1. The van der Waals surface area contributed by atoms with Crippen molar-refractivity contribution in [1.29, 1.82) is 0 Å². The molecule has 0 saturated heterocycles. The van der Waals surface area contributed by atoms with Crippen LogP contribution in [0.2, 0.25) is 0 Å². The zero-order chi connectivity index (χ0) is 17.1. The van der Waals surface area contributed by atoms with Gasteiger partial charge in [0.25, 0.3) is 0 Å². The summed E-state index contributed by atoms with van der Waals surface area (Å²) in [6, 6.07) is 13.3. The number of benzene rings is 2. The van der Waals surface area contributed by atoms with Crippen LogP contribution in [0.4, 0.5) is 0 Å². The van der Waals surface area contributed by atoms with Gasteiger partial charge in [-0.3, -0.25) is 4.79 Å². The first-order valence-corrected chi connectivity index (χ1v) is 8.41. The Morgan fingerprint density at radius 3 is 2.42 bits per heavy atom. The molecule has 7 heteroatoms. The Bertz CT molecular complexity index is 853. The molecule has 0 spiro atoms. The van der Waals surface area contributed by atoms with Crippen molar-refractivity contribution in [3.63, 3.8) is 0 Å². The number of carbonyl (C=O) groups is 1. The molecule has 6 nitrogen and oxygen atoms in total. The summed E-state index contributed by atoms with van der Waals surface area (Å²) in [6.45, 7) is 4.09. The molecule has 3 aromatic rings.